The largest absolute Gasteiger partial charge is 0.497 e. The Morgan fingerprint density at radius 2 is 2.30 bits per heavy atom. The highest BCUT2D eigenvalue weighted by Gasteiger charge is 2.21. The fraction of sp³-hybridized carbons (Fsp3) is 0.533. The smallest absolute Gasteiger partial charge is 0.255 e. The second kappa shape index (κ2) is 6.61. The van der Waals surface area contributed by atoms with Gasteiger partial charge in [-0.2, -0.15) is 0 Å². The van der Waals surface area contributed by atoms with Gasteiger partial charge >= 0.3 is 0 Å². The number of nitrogen functional groups attached to an aromatic ring is 1. The van der Waals surface area contributed by atoms with Gasteiger partial charge in [0.05, 0.1) is 18.8 Å². The molecular formula is C15H22N2O3. The molecule has 1 aromatic rings. The molecule has 1 atom stereocenters. The van der Waals surface area contributed by atoms with Crippen LogP contribution in [0.25, 0.3) is 0 Å². The van der Waals surface area contributed by atoms with Crippen LogP contribution in [0.1, 0.15) is 29.6 Å². The standard InChI is InChI=1S/C15H22N2O3/c1-17(10-12-5-3-4-8-20-12)15(18)13-9-11(19-2)6-7-14(13)16/h6-7,9,12H,3-5,8,10,16H2,1-2H3. The van der Waals surface area contributed by atoms with Crippen molar-refractivity contribution in [1.82, 2.24) is 4.90 Å². The van der Waals surface area contributed by atoms with E-state index in [9.17, 15) is 4.79 Å². The Labute approximate surface area is 119 Å². The lowest BCUT2D eigenvalue weighted by Gasteiger charge is -2.27. The summed E-state index contributed by atoms with van der Waals surface area (Å²) in [4.78, 5) is 14.1. The van der Waals surface area contributed by atoms with Crippen molar-refractivity contribution in [2.45, 2.75) is 25.4 Å². The van der Waals surface area contributed by atoms with Gasteiger partial charge in [0.1, 0.15) is 5.75 Å². The number of rotatable bonds is 4. The van der Waals surface area contributed by atoms with Crippen LogP contribution in [0.4, 0.5) is 5.69 Å². The molecule has 1 aliphatic heterocycles. The number of hydrogen-bond donors (Lipinski definition) is 1. The third-order valence-corrected chi connectivity index (χ3v) is 3.59. The lowest BCUT2D eigenvalue weighted by Crippen LogP contribution is -2.37. The van der Waals surface area contributed by atoms with Crippen LogP contribution in [0.15, 0.2) is 18.2 Å². The summed E-state index contributed by atoms with van der Waals surface area (Å²) in [5.41, 5.74) is 6.82. The van der Waals surface area contributed by atoms with E-state index in [0.717, 1.165) is 25.9 Å². The molecule has 5 nitrogen and oxygen atoms in total. The number of carbonyl (C=O) groups excluding carboxylic acids is 1. The lowest BCUT2D eigenvalue weighted by atomic mass is 10.1. The highest BCUT2D eigenvalue weighted by Crippen LogP contribution is 2.21. The molecule has 1 aromatic carbocycles. The number of amides is 1. The Balaban J connectivity index is 2.05. The number of carbonyl (C=O) groups is 1. The second-order valence-corrected chi connectivity index (χ2v) is 5.13. The molecule has 20 heavy (non-hydrogen) atoms. The van der Waals surface area contributed by atoms with E-state index in [0.29, 0.717) is 23.5 Å². The molecule has 0 radical (unpaired) electrons. The first kappa shape index (κ1) is 14.7. The van der Waals surface area contributed by atoms with Gasteiger partial charge in [-0.3, -0.25) is 4.79 Å². The van der Waals surface area contributed by atoms with Gasteiger partial charge in [0.15, 0.2) is 0 Å². The first-order valence-electron chi connectivity index (χ1n) is 6.92. The van der Waals surface area contributed by atoms with Crippen LogP contribution in [0.5, 0.6) is 5.75 Å². The van der Waals surface area contributed by atoms with Crippen LogP contribution in [-0.4, -0.2) is 44.2 Å². The molecule has 0 saturated carbocycles. The molecule has 2 rings (SSSR count). The zero-order valence-electron chi connectivity index (χ0n) is 12.1. The van der Waals surface area contributed by atoms with E-state index in [2.05, 4.69) is 0 Å². The van der Waals surface area contributed by atoms with Crippen LogP contribution < -0.4 is 10.5 Å². The molecule has 0 bridgehead atoms. The predicted octanol–water partition coefficient (Wildman–Crippen LogP) is 1.92. The Hall–Kier alpha value is -1.75. The second-order valence-electron chi connectivity index (χ2n) is 5.13. The Kier molecular flexibility index (Phi) is 4.84. The summed E-state index contributed by atoms with van der Waals surface area (Å²) in [5, 5.41) is 0. The van der Waals surface area contributed by atoms with Gasteiger partial charge in [0.25, 0.3) is 5.91 Å². The fourth-order valence-electron chi connectivity index (χ4n) is 2.39. The first-order chi connectivity index (χ1) is 9.61. The third-order valence-electron chi connectivity index (χ3n) is 3.59. The van der Waals surface area contributed by atoms with Crippen molar-refractivity contribution < 1.29 is 14.3 Å². The van der Waals surface area contributed by atoms with Gasteiger partial charge in [0.2, 0.25) is 0 Å². The monoisotopic (exact) mass is 278 g/mol. The number of anilines is 1. The average Bonchev–Trinajstić information content (AvgIpc) is 2.48. The highest BCUT2D eigenvalue weighted by molar-refractivity contribution is 5.99. The maximum atomic E-state index is 12.4. The summed E-state index contributed by atoms with van der Waals surface area (Å²) < 4.78 is 10.8. The normalized spacial score (nSPS) is 18.6. The van der Waals surface area contributed by atoms with Crippen molar-refractivity contribution in [3.8, 4) is 5.75 Å². The van der Waals surface area contributed by atoms with Gasteiger partial charge in [-0.1, -0.05) is 0 Å². The molecule has 1 fully saturated rings. The van der Waals surface area contributed by atoms with Gasteiger partial charge in [-0.25, -0.2) is 0 Å². The molecule has 110 valence electrons. The molecule has 1 aliphatic rings. The average molecular weight is 278 g/mol. The van der Waals surface area contributed by atoms with E-state index in [-0.39, 0.29) is 12.0 Å². The van der Waals surface area contributed by atoms with Crippen LogP contribution in [0.2, 0.25) is 0 Å². The van der Waals surface area contributed by atoms with Gasteiger partial charge in [0, 0.05) is 25.9 Å². The Morgan fingerprint density at radius 1 is 1.50 bits per heavy atom. The number of nitrogens with zero attached hydrogens (tertiary/aromatic N) is 1. The van der Waals surface area contributed by atoms with Crippen LogP contribution in [0.3, 0.4) is 0 Å². The maximum Gasteiger partial charge on any atom is 0.255 e. The number of ether oxygens (including phenoxy) is 2. The van der Waals surface area contributed by atoms with Crippen molar-refractivity contribution in [2.24, 2.45) is 0 Å². The number of benzene rings is 1. The fourth-order valence-corrected chi connectivity index (χ4v) is 2.39. The minimum absolute atomic E-state index is 0.101. The molecule has 1 unspecified atom stereocenters. The van der Waals surface area contributed by atoms with Crippen molar-refractivity contribution in [1.29, 1.82) is 0 Å². The number of methoxy groups -OCH3 is 1. The van der Waals surface area contributed by atoms with E-state index < -0.39 is 0 Å². The van der Waals surface area contributed by atoms with Crippen LogP contribution >= 0.6 is 0 Å². The number of nitrogens with two attached hydrogens (primary N) is 1. The van der Waals surface area contributed by atoms with Crippen LogP contribution in [0, 0.1) is 0 Å². The molecule has 1 saturated heterocycles. The summed E-state index contributed by atoms with van der Waals surface area (Å²) >= 11 is 0. The van der Waals surface area contributed by atoms with E-state index in [4.69, 9.17) is 15.2 Å². The lowest BCUT2D eigenvalue weighted by molar-refractivity contribution is -0.000173. The van der Waals surface area contributed by atoms with Gasteiger partial charge in [-0.15, -0.1) is 0 Å². The minimum atomic E-state index is -0.101. The molecule has 0 aromatic heterocycles. The minimum Gasteiger partial charge on any atom is -0.497 e. The summed E-state index contributed by atoms with van der Waals surface area (Å²) in [5.74, 6) is 0.528. The highest BCUT2D eigenvalue weighted by atomic mass is 16.5. The van der Waals surface area contributed by atoms with E-state index >= 15 is 0 Å². The van der Waals surface area contributed by atoms with Gasteiger partial charge in [-0.05, 0) is 37.5 Å². The molecular weight excluding hydrogens is 256 g/mol. The molecule has 1 heterocycles. The molecule has 1 amide bonds. The Bertz CT molecular complexity index is 470. The number of likely N-dealkylation sites (N-methyl/N-ethyl adjacent to an activating group) is 1. The zero-order valence-corrected chi connectivity index (χ0v) is 12.1. The predicted molar refractivity (Wildman–Crippen MR) is 78.0 cm³/mol. The summed E-state index contributed by atoms with van der Waals surface area (Å²) in [6.45, 7) is 1.38. The Morgan fingerprint density at radius 3 is 2.95 bits per heavy atom. The van der Waals surface area contributed by atoms with Crippen LogP contribution in [-0.2, 0) is 4.74 Å². The summed E-state index contributed by atoms with van der Waals surface area (Å²) in [6.07, 6.45) is 3.40. The third kappa shape index (κ3) is 3.42. The van der Waals surface area contributed by atoms with Gasteiger partial charge < -0.3 is 20.1 Å². The SMILES string of the molecule is COc1ccc(N)c(C(=O)N(C)CC2CCCCO2)c1. The summed E-state index contributed by atoms with van der Waals surface area (Å²) in [7, 11) is 3.35. The van der Waals surface area contributed by atoms with E-state index in [1.54, 1.807) is 37.3 Å². The molecule has 5 heteroatoms. The molecule has 0 aliphatic carbocycles. The summed E-state index contributed by atoms with van der Waals surface area (Å²) in [6, 6.07) is 5.11. The molecule has 2 N–H and O–H groups in total. The number of hydrogen-bond acceptors (Lipinski definition) is 4. The maximum absolute atomic E-state index is 12.4. The van der Waals surface area contributed by atoms with Crippen molar-refractivity contribution in [3.05, 3.63) is 23.8 Å². The van der Waals surface area contributed by atoms with E-state index in [1.165, 1.54) is 0 Å². The zero-order chi connectivity index (χ0) is 14.5. The van der Waals surface area contributed by atoms with E-state index in [1.807, 2.05) is 0 Å². The topological polar surface area (TPSA) is 64.8 Å². The van der Waals surface area contributed by atoms with Crippen molar-refractivity contribution in [3.63, 3.8) is 0 Å². The quantitative estimate of drug-likeness (QED) is 0.855. The van der Waals surface area contributed by atoms with Crippen molar-refractivity contribution in [2.75, 3.05) is 33.0 Å². The first-order valence-corrected chi connectivity index (χ1v) is 6.92. The molecule has 0 spiro atoms. The van der Waals surface area contributed by atoms with Crippen molar-refractivity contribution >= 4 is 11.6 Å².